The van der Waals surface area contributed by atoms with Crippen molar-refractivity contribution in [1.82, 2.24) is 5.32 Å². The molecular weight excluding hydrogens is 240 g/mol. The first-order valence-electron chi connectivity index (χ1n) is 5.38. The molecule has 1 aromatic rings. The van der Waals surface area contributed by atoms with E-state index in [0.29, 0.717) is 5.56 Å². The van der Waals surface area contributed by atoms with E-state index >= 15 is 0 Å². The van der Waals surface area contributed by atoms with Crippen molar-refractivity contribution >= 4 is 5.69 Å². The molecule has 0 radical (unpaired) electrons. The van der Waals surface area contributed by atoms with E-state index in [4.69, 9.17) is 15.3 Å². The van der Waals surface area contributed by atoms with E-state index < -0.39 is 30.3 Å². The minimum absolute atomic E-state index is 0.0307. The fourth-order valence-electron chi connectivity index (χ4n) is 1.39. The van der Waals surface area contributed by atoms with Crippen molar-refractivity contribution in [1.29, 1.82) is 0 Å². The molecule has 0 aliphatic rings. The van der Waals surface area contributed by atoms with Gasteiger partial charge in [-0.05, 0) is 5.56 Å². The molecule has 18 heavy (non-hydrogen) atoms. The van der Waals surface area contributed by atoms with E-state index in [0.717, 1.165) is 0 Å². The summed E-state index contributed by atoms with van der Waals surface area (Å²) in [5.74, 6) is 0. The van der Waals surface area contributed by atoms with Crippen LogP contribution in [0.5, 0.6) is 0 Å². The third kappa shape index (κ3) is 3.47. The van der Waals surface area contributed by atoms with Crippen LogP contribution in [0.2, 0.25) is 0 Å². The molecule has 1 aromatic carbocycles. The molecule has 7 nitrogen and oxygen atoms in total. The highest BCUT2D eigenvalue weighted by Gasteiger charge is 2.27. The van der Waals surface area contributed by atoms with E-state index in [2.05, 4.69) is 5.32 Å². The van der Waals surface area contributed by atoms with Gasteiger partial charge in [0.1, 0.15) is 0 Å². The van der Waals surface area contributed by atoms with E-state index in [1.165, 1.54) is 12.1 Å². The number of nitrogens with zero attached hydrogens (tertiary/aromatic N) is 1. The van der Waals surface area contributed by atoms with Crippen molar-refractivity contribution in [3.05, 3.63) is 39.9 Å². The zero-order valence-corrected chi connectivity index (χ0v) is 9.74. The summed E-state index contributed by atoms with van der Waals surface area (Å²) in [5.41, 5.74) is -0.592. The van der Waals surface area contributed by atoms with Crippen molar-refractivity contribution in [3.8, 4) is 0 Å². The van der Waals surface area contributed by atoms with E-state index in [-0.39, 0.29) is 12.2 Å². The highest BCUT2D eigenvalue weighted by atomic mass is 16.6. The normalized spacial score (nSPS) is 11.5. The second-order valence-electron chi connectivity index (χ2n) is 4.04. The Hall–Kier alpha value is -1.54. The second-order valence-corrected chi connectivity index (χ2v) is 4.04. The molecule has 0 aliphatic carbocycles. The maximum Gasteiger partial charge on any atom is 0.269 e. The average molecular weight is 256 g/mol. The van der Waals surface area contributed by atoms with Gasteiger partial charge in [-0.2, -0.15) is 0 Å². The SMILES string of the molecule is O=[N+]([O-])c1cccc(CNC(CO)(CO)CO)c1. The smallest absolute Gasteiger partial charge is 0.269 e. The molecule has 1 rings (SSSR count). The monoisotopic (exact) mass is 256 g/mol. The Morgan fingerprint density at radius 2 is 1.83 bits per heavy atom. The molecule has 0 saturated carbocycles. The predicted molar refractivity (Wildman–Crippen MR) is 63.9 cm³/mol. The number of rotatable bonds is 7. The molecule has 0 aliphatic heterocycles. The number of benzene rings is 1. The molecule has 0 amide bonds. The average Bonchev–Trinajstić information content (AvgIpc) is 2.41. The standard InChI is InChI=1S/C11H16N2O5/c14-6-11(7-15,8-16)12-5-9-2-1-3-10(4-9)13(17)18/h1-4,12,14-16H,5-8H2. The molecule has 0 bridgehead atoms. The van der Waals surface area contributed by atoms with Crippen LogP contribution in [-0.2, 0) is 6.54 Å². The second kappa shape index (κ2) is 6.41. The highest BCUT2D eigenvalue weighted by molar-refractivity contribution is 5.34. The van der Waals surface area contributed by atoms with Crippen LogP contribution < -0.4 is 5.32 Å². The zero-order valence-electron chi connectivity index (χ0n) is 9.74. The molecule has 0 saturated heterocycles. The predicted octanol–water partition coefficient (Wildman–Crippen LogP) is -0.600. The first-order chi connectivity index (χ1) is 8.56. The number of hydrogen-bond acceptors (Lipinski definition) is 6. The summed E-state index contributed by atoms with van der Waals surface area (Å²) >= 11 is 0. The number of non-ortho nitro benzene ring substituents is 1. The highest BCUT2D eigenvalue weighted by Crippen LogP contribution is 2.14. The summed E-state index contributed by atoms with van der Waals surface area (Å²) in [4.78, 5) is 10.1. The summed E-state index contributed by atoms with van der Waals surface area (Å²) in [6.07, 6.45) is 0. The fourth-order valence-corrected chi connectivity index (χ4v) is 1.39. The molecule has 0 unspecified atom stereocenters. The maximum absolute atomic E-state index is 10.6. The molecule has 4 N–H and O–H groups in total. The number of nitrogens with one attached hydrogen (secondary N) is 1. The maximum atomic E-state index is 10.6. The Morgan fingerprint density at radius 3 is 2.33 bits per heavy atom. The largest absolute Gasteiger partial charge is 0.394 e. The summed E-state index contributed by atoms with van der Waals surface area (Å²) in [6, 6.07) is 6.00. The Labute approximate surface area is 104 Å². The van der Waals surface area contributed by atoms with Crippen molar-refractivity contribution in [2.45, 2.75) is 12.1 Å². The van der Waals surface area contributed by atoms with Crippen LogP contribution >= 0.6 is 0 Å². The lowest BCUT2D eigenvalue weighted by molar-refractivity contribution is -0.384. The van der Waals surface area contributed by atoms with Gasteiger partial charge in [-0.3, -0.25) is 10.1 Å². The third-order valence-electron chi connectivity index (χ3n) is 2.70. The van der Waals surface area contributed by atoms with Crippen LogP contribution in [0.3, 0.4) is 0 Å². The first-order valence-corrected chi connectivity index (χ1v) is 5.38. The number of nitro groups is 1. The lowest BCUT2D eigenvalue weighted by Crippen LogP contribution is -2.54. The van der Waals surface area contributed by atoms with Gasteiger partial charge in [-0.25, -0.2) is 0 Å². The molecular formula is C11H16N2O5. The van der Waals surface area contributed by atoms with Crippen LogP contribution in [0.4, 0.5) is 5.69 Å². The lowest BCUT2D eigenvalue weighted by atomic mass is 10.0. The summed E-state index contributed by atoms with van der Waals surface area (Å²) in [5, 5.41) is 40.7. The van der Waals surface area contributed by atoms with Crippen molar-refractivity contribution in [2.75, 3.05) is 19.8 Å². The quantitative estimate of drug-likeness (QED) is 0.382. The van der Waals surface area contributed by atoms with Gasteiger partial charge in [0.2, 0.25) is 0 Å². The van der Waals surface area contributed by atoms with Crippen LogP contribution in [0.15, 0.2) is 24.3 Å². The molecule has 100 valence electrons. The van der Waals surface area contributed by atoms with Gasteiger partial charge in [-0.15, -0.1) is 0 Å². The summed E-state index contributed by atoms with van der Waals surface area (Å²) < 4.78 is 0. The van der Waals surface area contributed by atoms with Gasteiger partial charge in [0.15, 0.2) is 0 Å². The topological polar surface area (TPSA) is 116 Å². The third-order valence-corrected chi connectivity index (χ3v) is 2.70. The van der Waals surface area contributed by atoms with E-state index in [9.17, 15) is 10.1 Å². The molecule has 0 atom stereocenters. The Morgan fingerprint density at radius 1 is 1.22 bits per heavy atom. The molecule has 0 spiro atoms. The van der Waals surface area contributed by atoms with Crippen molar-refractivity contribution in [2.24, 2.45) is 0 Å². The number of hydrogen-bond donors (Lipinski definition) is 4. The van der Waals surface area contributed by atoms with Crippen molar-refractivity contribution < 1.29 is 20.2 Å². The Bertz CT molecular complexity index is 398. The van der Waals surface area contributed by atoms with Gasteiger partial charge in [0.05, 0.1) is 30.3 Å². The Balaban J connectivity index is 2.73. The minimum Gasteiger partial charge on any atom is -0.394 e. The minimum atomic E-state index is -1.19. The van der Waals surface area contributed by atoms with Crippen molar-refractivity contribution in [3.63, 3.8) is 0 Å². The molecule has 0 heterocycles. The molecule has 0 aromatic heterocycles. The summed E-state index contributed by atoms with van der Waals surface area (Å²) in [6.45, 7) is -1.11. The summed E-state index contributed by atoms with van der Waals surface area (Å²) in [7, 11) is 0. The fraction of sp³-hybridized carbons (Fsp3) is 0.455. The number of aliphatic hydroxyl groups is 3. The van der Waals surface area contributed by atoms with Crippen LogP contribution in [0.1, 0.15) is 5.56 Å². The molecule has 7 heteroatoms. The van der Waals surface area contributed by atoms with E-state index in [1.807, 2.05) is 0 Å². The lowest BCUT2D eigenvalue weighted by Gasteiger charge is -2.28. The van der Waals surface area contributed by atoms with Crippen LogP contribution in [-0.4, -0.2) is 45.6 Å². The van der Waals surface area contributed by atoms with Crippen LogP contribution in [0, 0.1) is 10.1 Å². The number of aliphatic hydroxyl groups excluding tert-OH is 3. The van der Waals surface area contributed by atoms with Gasteiger partial charge in [0.25, 0.3) is 5.69 Å². The van der Waals surface area contributed by atoms with Gasteiger partial charge in [-0.1, -0.05) is 12.1 Å². The first kappa shape index (κ1) is 14.5. The van der Waals surface area contributed by atoms with Gasteiger partial charge >= 0.3 is 0 Å². The van der Waals surface area contributed by atoms with E-state index in [1.54, 1.807) is 12.1 Å². The molecule has 0 fully saturated rings. The van der Waals surface area contributed by atoms with Gasteiger partial charge < -0.3 is 20.6 Å². The van der Waals surface area contributed by atoms with Gasteiger partial charge in [0, 0.05) is 18.7 Å². The number of nitro benzene ring substituents is 1. The Kier molecular flexibility index (Phi) is 5.17. The zero-order chi connectivity index (χ0) is 13.6. The van der Waals surface area contributed by atoms with Crippen LogP contribution in [0.25, 0.3) is 0 Å².